The Kier molecular flexibility index (Phi) is 11.1. The van der Waals surface area contributed by atoms with Gasteiger partial charge in [-0.2, -0.15) is 0 Å². The molecule has 0 N–H and O–H groups in total. The molecule has 0 radical (unpaired) electrons. The second kappa shape index (κ2) is 15.4. The number of hydrogen-bond acceptors (Lipinski definition) is 4. The van der Waals surface area contributed by atoms with Gasteiger partial charge in [0.05, 0.1) is 14.2 Å². The molecular formula is C40H46FNO3. The number of rotatable bonds is 15. The van der Waals surface area contributed by atoms with Gasteiger partial charge in [-0.25, -0.2) is 4.39 Å². The Balaban J connectivity index is 1.30. The van der Waals surface area contributed by atoms with E-state index in [-0.39, 0.29) is 17.0 Å². The summed E-state index contributed by atoms with van der Waals surface area (Å²) in [7, 11) is 3.39. The van der Waals surface area contributed by atoms with Crippen LogP contribution < -0.4 is 9.47 Å². The molecule has 1 heterocycles. The van der Waals surface area contributed by atoms with Gasteiger partial charge in [0, 0.05) is 30.8 Å². The molecule has 0 bridgehead atoms. The van der Waals surface area contributed by atoms with Gasteiger partial charge in [-0.15, -0.1) is 0 Å². The van der Waals surface area contributed by atoms with Crippen molar-refractivity contribution in [2.75, 3.05) is 20.8 Å². The van der Waals surface area contributed by atoms with E-state index in [2.05, 4.69) is 84.6 Å². The lowest BCUT2D eigenvalue weighted by Crippen LogP contribution is -2.39. The molecule has 0 aromatic heterocycles. The smallest absolute Gasteiger partial charge is 0.161 e. The lowest BCUT2D eigenvalue weighted by atomic mass is 9.68. The van der Waals surface area contributed by atoms with Gasteiger partial charge in [0.2, 0.25) is 0 Å². The summed E-state index contributed by atoms with van der Waals surface area (Å²) in [5, 5.41) is 0. The Morgan fingerprint density at radius 2 is 1.38 bits per heavy atom. The van der Waals surface area contributed by atoms with E-state index in [0.29, 0.717) is 25.3 Å². The molecule has 1 unspecified atom stereocenters. The summed E-state index contributed by atoms with van der Waals surface area (Å²) < 4.78 is 24.5. The van der Waals surface area contributed by atoms with E-state index in [0.717, 1.165) is 62.3 Å². The zero-order valence-corrected chi connectivity index (χ0v) is 26.9. The van der Waals surface area contributed by atoms with Gasteiger partial charge in [0.15, 0.2) is 11.5 Å². The number of hydrogen-bond donors (Lipinski definition) is 0. The lowest BCUT2D eigenvalue weighted by Gasteiger charge is -2.38. The van der Waals surface area contributed by atoms with Crippen LogP contribution >= 0.6 is 0 Å². The standard InChI is InChI=1S/C40H46FNO3/c1-30-26-32-27-38(44-2)39(45-3)28-33(32)29-42(30)25-11-24-40(34-12-6-4-7-13-34,35-14-8-5-9-15-35)23-10-16-37(43)22-19-31-17-20-36(41)21-18-31/h4-9,12-15,17-18,20-21,27-28,30H,10-11,16,19,22-26,29H2,1-3H3. The fourth-order valence-electron chi connectivity index (χ4n) is 7.04. The van der Waals surface area contributed by atoms with E-state index < -0.39 is 0 Å². The predicted octanol–water partition coefficient (Wildman–Crippen LogP) is 8.73. The molecule has 5 heteroatoms. The highest BCUT2D eigenvalue weighted by molar-refractivity contribution is 5.78. The van der Waals surface area contributed by atoms with Crippen LogP contribution in [0.4, 0.5) is 4.39 Å². The van der Waals surface area contributed by atoms with E-state index in [9.17, 15) is 9.18 Å². The van der Waals surface area contributed by atoms with E-state index in [1.54, 1.807) is 26.4 Å². The van der Waals surface area contributed by atoms with E-state index in [1.807, 2.05) is 0 Å². The summed E-state index contributed by atoms with van der Waals surface area (Å²) in [6, 6.07) is 32.9. The number of ketones is 1. The first-order valence-corrected chi connectivity index (χ1v) is 16.3. The van der Waals surface area contributed by atoms with Gasteiger partial charge in [-0.1, -0.05) is 72.8 Å². The van der Waals surface area contributed by atoms with Crippen molar-refractivity contribution in [3.63, 3.8) is 0 Å². The molecular weight excluding hydrogens is 561 g/mol. The van der Waals surface area contributed by atoms with Gasteiger partial charge < -0.3 is 9.47 Å². The minimum Gasteiger partial charge on any atom is -0.493 e. The van der Waals surface area contributed by atoms with Crippen molar-refractivity contribution in [1.29, 1.82) is 0 Å². The van der Waals surface area contributed by atoms with Crippen LogP contribution in [0.15, 0.2) is 97.1 Å². The third kappa shape index (κ3) is 8.01. The van der Waals surface area contributed by atoms with Gasteiger partial charge in [-0.05, 0) is 104 Å². The number of ether oxygens (including phenoxy) is 2. The average Bonchev–Trinajstić information content (AvgIpc) is 3.07. The largest absolute Gasteiger partial charge is 0.493 e. The number of aryl methyl sites for hydroxylation is 1. The van der Waals surface area contributed by atoms with Crippen molar-refractivity contribution in [3.05, 3.63) is 131 Å². The van der Waals surface area contributed by atoms with Crippen LogP contribution in [0.1, 0.15) is 73.3 Å². The second-order valence-electron chi connectivity index (χ2n) is 12.4. The summed E-state index contributed by atoms with van der Waals surface area (Å²) in [4.78, 5) is 15.6. The minimum absolute atomic E-state index is 0.187. The number of benzene rings is 4. The van der Waals surface area contributed by atoms with Crippen LogP contribution in [-0.4, -0.2) is 37.5 Å². The topological polar surface area (TPSA) is 38.8 Å². The molecule has 236 valence electrons. The maximum atomic E-state index is 13.3. The zero-order valence-electron chi connectivity index (χ0n) is 26.9. The zero-order chi connectivity index (χ0) is 31.6. The SMILES string of the molecule is COc1cc2c(cc1OC)CN(CCCC(CCCC(=O)CCc1ccc(F)cc1)(c1ccccc1)c1ccccc1)C(C)C2. The first kappa shape index (κ1) is 32.4. The Labute approximate surface area is 268 Å². The first-order valence-electron chi connectivity index (χ1n) is 16.3. The van der Waals surface area contributed by atoms with Crippen molar-refractivity contribution in [1.82, 2.24) is 4.90 Å². The summed E-state index contributed by atoms with van der Waals surface area (Å²) in [6.07, 6.45) is 6.42. The minimum atomic E-state index is -0.247. The third-order valence-corrected chi connectivity index (χ3v) is 9.58. The molecule has 0 amide bonds. The molecule has 0 aliphatic carbocycles. The summed E-state index contributed by atoms with van der Waals surface area (Å²) in [5.41, 5.74) is 6.07. The molecule has 1 aliphatic heterocycles. The van der Waals surface area contributed by atoms with Crippen molar-refractivity contribution in [3.8, 4) is 11.5 Å². The number of nitrogens with zero attached hydrogens (tertiary/aromatic N) is 1. The van der Waals surface area contributed by atoms with Gasteiger partial charge in [-0.3, -0.25) is 9.69 Å². The highest BCUT2D eigenvalue weighted by atomic mass is 19.1. The molecule has 45 heavy (non-hydrogen) atoms. The molecule has 1 aliphatic rings. The molecule has 0 saturated carbocycles. The van der Waals surface area contributed by atoms with Gasteiger partial charge in [0.25, 0.3) is 0 Å². The van der Waals surface area contributed by atoms with Crippen LogP contribution in [0.5, 0.6) is 11.5 Å². The van der Waals surface area contributed by atoms with Crippen molar-refractivity contribution in [2.24, 2.45) is 0 Å². The number of fused-ring (bicyclic) bond motifs is 1. The third-order valence-electron chi connectivity index (χ3n) is 9.58. The van der Waals surface area contributed by atoms with Gasteiger partial charge >= 0.3 is 0 Å². The van der Waals surface area contributed by atoms with E-state index in [1.165, 1.54) is 34.4 Å². The highest BCUT2D eigenvalue weighted by Gasteiger charge is 2.34. The molecule has 4 aromatic carbocycles. The van der Waals surface area contributed by atoms with Crippen molar-refractivity contribution >= 4 is 5.78 Å². The van der Waals surface area contributed by atoms with Crippen LogP contribution in [0, 0.1) is 5.82 Å². The second-order valence-corrected chi connectivity index (χ2v) is 12.4. The summed E-state index contributed by atoms with van der Waals surface area (Å²) in [6.45, 7) is 4.20. The number of methoxy groups -OCH3 is 2. The molecule has 5 rings (SSSR count). The number of Topliss-reactive ketones (excluding diaryl/α,β-unsaturated/α-hetero) is 1. The Bertz CT molecular complexity index is 1480. The molecule has 4 aromatic rings. The Morgan fingerprint density at radius 1 is 0.800 bits per heavy atom. The van der Waals surface area contributed by atoms with Crippen molar-refractivity contribution in [2.45, 2.75) is 76.3 Å². The number of carbonyl (C=O) groups excluding carboxylic acids is 1. The fourth-order valence-corrected chi connectivity index (χ4v) is 7.04. The Morgan fingerprint density at radius 3 is 1.98 bits per heavy atom. The molecule has 4 nitrogen and oxygen atoms in total. The average molecular weight is 608 g/mol. The van der Waals surface area contributed by atoms with Gasteiger partial charge in [0.1, 0.15) is 11.6 Å². The Hall–Kier alpha value is -3.96. The van der Waals surface area contributed by atoms with Crippen molar-refractivity contribution < 1.29 is 18.7 Å². The summed E-state index contributed by atoms with van der Waals surface area (Å²) >= 11 is 0. The maximum Gasteiger partial charge on any atom is 0.161 e. The van der Waals surface area contributed by atoms with Crippen LogP contribution in [0.25, 0.3) is 0 Å². The van der Waals surface area contributed by atoms with Crippen LogP contribution in [0.2, 0.25) is 0 Å². The van der Waals surface area contributed by atoms with Crippen LogP contribution in [0.3, 0.4) is 0 Å². The molecule has 1 atom stereocenters. The first-order chi connectivity index (χ1) is 21.9. The van der Waals surface area contributed by atoms with E-state index >= 15 is 0 Å². The van der Waals surface area contributed by atoms with E-state index in [4.69, 9.17) is 9.47 Å². The normalized spacial score (nSPS) is 15.0. The number of carbonyl (C=O) groups is 1. The monoisotopic (exact) mass is 607 g/mol. The number of halogens is 1. The molecule has 0 fully saturated rings. The molecule has 0 spiro atoms. The highest BCUT2D eigenvalue weighted by Crippen LogP contribution is 2.42. The predicted molar refractivity (Wildman–Crippen MR) is 180 cm³/mol. The molecule has 0 saturated heterocycles. The van der Waals surface area contributed by atoms with Crippen LogP contribution in [-0.2, 0) is 29.6 Å². The fraction of sp³-hybridized carbons (Fsp3) is 0.375. The summed E-state index contributed by atoms with van der Waals surface area (Å²) in [5.74, 6) is 1.59. The maximum absolute atomic E-state index is 13.3. The lowest BCUT2D eigenvalue weighted by molar-refractivity contribution is -0.119. The quantitative estimate of drug-likeness (QED) is 0.135.